The quantitative estimate of drug-likeness (QED) is 0.887. The van der Waals surface area contributed by atoms with Crippen LogP contribution in [0.5, 0.6) is 0 Å². The zero-order valence-corrected chi connectivity index (χ0v) is 12.9. The molecular weight excluding hydrogens is 250 g/mol. The van der Waals surface area contributed by atoms with Crippen molar-refractivity contribution in [3.05, 3.63) is 24.0 Å². The molecule has 1 atom stereocenters. The first-order valence-corrected chi connectivity index (χ1v) is 7.49. The van der Waals surface area contributed by atoms with Gasteiger partial charge in [-0.1, -0.05) is 13.8 Å². The molecule has 1 unspecified atom stereocenters. The molecule has 0 amide bonds. The Labute approximate surface area is 121 Å². The minimum Gasteiger partial charge on any atom is -0.398 e. The smallest absolute Gasteiger partial charge is 0.0875 e. The highest BCUT2D eigenvalue weighted by Gasteiger charge is 2.44. The molecule has 0 spiro atoms. The lowest BCUT2D eigenvalue weighted by Gasteiger charge is -2.46. The van der Waals surface area contributed by atoms with E-state index in [1.807, 2.05) is 13.0 Å². The molecule has 2 rings (SSSR count). The van der Waals surface area contributed by atoms with Crippen molar-refractivity contribution in [2.45, 2.75) is 58.1 Å². The van der Waals surface area contributed by atoms with Crippen molar-refractivity contribution in [3.63, 3.8) is 0 Å². The van der Waals surface area contributed by atoms with Crippen LogP contribution >= 0.6 is 0 Å². The molecule has 0 radical (unpaired) electrons. The number of hydrogen-bond acceptors (Lipinski definition) is 4. The zero-order chi connectivity index (χ0) is 14.8. The summed E-state index contributed by atoms with van der Waals surface area (Å²) in [7, 11) is 0. The van der Waals surface area contributed by atoms with Gasteiger partial charge in [-0.2, -0.15) is 0 Å². The van der Waals surface area contributed by atoms with Gasteiger partial charge in [-0.3, -0.25) is 4.98 Å². The third-order valence-corrected chi connectivity index (χ3v) is 4.67. The molecule has 4 heteroatoms. The Kier molecular flexibility index (Phi) is 4.35. The highest BCUT2D eigenvalue weighted by Crippen LogP contribution is 2.47. The van der Waals surface area contributed by atoms with Crippen molar-refractivity contribution >= 4 is 5.69 Å². The molecule has 0 bridgehead atoms. The van der Waals surface area contributed by atoms with Crippen molar-refractivity contribution < 1.29 is 4.74 Å². The fourth-order valence-electron chi connectivity index (χ4n) is 3.14. The van der Waals surface area contributed by atoms with Crippen molar-refractivity contribution in [3.8, 4) is 0 Å². The second-order valence-electron chi connectivity index (χ2n) is 6.64. The van der Waals surface area contributed by atoms with Gasteiger partial charge >= 0.3 is 0 Å². The summed E-state index contributed by atoms with van der Waals surface area (Å²) in [5.41, 5.74) is 14.3. The van der Waals surface area contributed by atoms with Gasteiger partial charge in [0.05, 0.1) is 11.6 Å². The minimum absolute atomic E-state index is 0.216. The molecule has 0 saturated heterocycles. The number of aromatic nitrogens is 1. The maximum Gasteiger partial charge on any atom is 0.0875 e. The molecule has 1 heterocycles. The highest BCUT2D eigenvalue weighted by molar-refractivity contribution is 5.47. The number of pyridine rings is 1. The first-order valence-electron chi connectivity index (χ1n) is 7.49. The lowest BCUT2D eigenvalue weighted by Crippen LogP contribution is -2.48. The van der Waals surface area contributed by atoms with E-state index in [9.17, 15) is 0 Å². The summed E-state index contributed by atoms with van der Waals surface area (Å²) < 4.78 is 6.13. The van der Waals surface area contributed by atoms with Crippen LogP contribution in [0, 0.1) is 5.41 Å². The topological polar surface area (TPSA) is 74.2 Å². The summed E-state index contributed by atoms with van der Waals surface area (Å²) in [6, 6.07) is 1.59. The van der Waals surface area contributed by atoms with Gasteiger partial charge < -0.3 is 16.2 Å². The van der Waals surface area contributed by atoms with Gasteiger partial charge in [-0.15, -0.1) is 0 Å². The molecule has 1 aromatic rings. The highest BCUT2D eigenvalue weighted by atomic mass is 16.5. The molecule has 20 heavy (non-hydrogen) atoms. The molecule has 1 aliphatic carbocycles. The third-order valence-electron chi connectivity index (χ3n) is 4.67. The van der Waals surface area contributed by atoms with Gasteiger partial charge in [0.15, 0.2) is 0 Å². The summed E-state index contributed by atoms with van der Waals surface area (Å²) in [6.45, 7) is 7.33. The van der Waals surface area contributed by atoms with Crippen molar-refractivity contribution in [1.29, 1.82) is 0 Å². The van der Waals surface area contributed by atoms with Gasteiger partial charge in [0.25, 0.3) is 0 Å². The predicted octanol–water partition coefficient (Wildman–Crippen LogP) is 3.04. The Morgan fingerprint density at radius 3 is 2.50 bits per heavy atom. The van der Waals surface area contributed by atoms with Crippen LogP contribution in [0.3, 0.4) is 0 Å². The Bertz CT molecular complexity index is 449. The number of rotatable bonds is 4. The van der Waals surface area contributed by atoms with Gasteiger partial charge in [-0.05, 0) is 44.1 Å². The standard InChI is InChI=1S/C16H27N3O/c1-4-20-16(8-6-15(2,3)7-9-16)14(18)12-11-19-10-5-13(12)17/h5,10-11,14H,4,6-9,18H2,1-3H3,(H2,17,19). The molecule has 4 nitrogen and oxygen atoms in total. The van der Waals surface area contributed by atoms with Crippen LogP contribution in [0.1, 0.15) is 58.1 Å². The van der Waals surface area contributed by atoms with E-state index in [0.29, 0.717) is 17.7 Å². The first kappa shape index (κ1) is 15.3. The second-order valence-corrected chi connectivity index (χ2v) is 6.64. The van der Waals surface area contributed by atoms with Crippen LogP contribution in [-0.4, -0.2) is 17.2 Å². The third kappa shape index (κ3) is 2.96. The summed E-state index contributed by atoms with van der Waals surface area (Å²) in [4.78, 5) is 4.17. The molecule has 1 aliphatic rings. The fourth-order valence-corrected chi connectivity index (χ4v) is 3.14. The Morgan fingerprint density at radius 1 is 1.30 bits per heavy atom. The second kappa shape index (κ2) is 5.70. The van der Waals surface area contributed by atoms with E-state index < -0.39 is 0 Å². The number of ether oxygens (including phenoxy) is 1. The van der Waals surface area contributed by atoms with Gasteiger partial charge in [0.2, 0.25) is 0 Å². The summed E-state index contributed by atoms with van der Waals surface area (Å²) in [5.74, 6) is 0. The Hall–Kier alpha value is -1.13. The number of nitrogen functional groups attached to an aromatic ring is 1. The fraction of sp³-hybridized carbons (Fsp3) is 0.688. The van der Waals surface area contributed by atoms with Crippen molar-refractivity contribution in [2.24, 2.45) is 11.1 Å². The molecule has 0 aromatic carbocycles. The summed E-state index contributed by atoms with van der Waals surface area (Å²) >= 11 is 0. The molecule has 1 saturated carbocycles. The van der Waals surface area contributed by atoms with Gasteiger partial charge in [-0.25, -0.2) is 0 Å². The van der Waals surface area contributed by atoms with E-state index in [4.69, 9.17) is 16.2 Å². The number of nitrogens with zero attached hydrogens (tertiary/aromatic N) is 1. The molecular formula is C16H27N3O. The summed E-state index contributed by atoms with van der Waals surface area (Å²) in [6.07, 6.45) is 7.68. The Morgan fingerprint density at radius 2 is 1.95 bits per heavy atom. The maximum absolute atomic E-state index is 6.54. The van der Waals surface area contributed by atoms with E-state index in [2.05, 4.69) is 18.8 Å². The van der Waals surface area contributed by atoms with E-state index in [1.165, 1.54) is 0 Å². The molecule has 0 aliphatic heterocycles. The lowest BCUT2D eigenvalue weighted by atomic mass is 9.67. The zero-order valence-electron chi connectivity index (χ0n) is 12.9. The predicted molar refractivity (Wildman–Crippen MR) is 82.2 cm³/mol. The SMILES string of the molecule is CCOC1(C(N)c2cnccc2N)CCC(C)(C)CC1. The average molecular weight is 277 g/mol. The van der Waals surface area contributed by atoms with Crippen LogP contribution in [0.25, 0.3) is 0 Å². The Balaban J connectivity index is 2.27. The molecule has 1 aromatic heterocycles. The van der Waals surface area contributed by atoms with Crippen LogP contribution in [-0.2, 0) is 4.74 Å². The summed E-state index contributed by atoms with van der Waals surface area (Å²) in [5, 5.41) is 0. The number of anilines is 1. The molecule has 112 valence electrons. The maximum atomic E-state index is 6.54. The molecule has 4 N–H and O–H groups in total. The van der Waals surface area contributed by atoms with Crippen LogP contribution in [0.2, 0.25) is 0 Å². The molecule has 1 fully saturated rings. The van der Waals surface area contributed by atoms with Crippen LogP contribution in [0.4, 0.5) is 5.69 Å². The van der Waals surface area contributed by atoms with E-state index in [0.717, 1.165) is 31.2 Å². The van der Waals surface area contributed by atoms with Crippen molar-refractivity contribution in [1.82, 2.24) is 4.98 Å². The monoisotopic (exact) mass is 277 g/mol. The van der Waals surface area contributed by atoms with Crippen LogP contribution in [0.15, 0.2) is 18.5 Å². The van der Waals surface area contributed by atoms with E-state index in [1.54, 1.807) is 12.4 Å². The first-order chi connectivity index (χ1) is 9.40. The van der Waals surface area contributed by atoms with Gasteiger partial charge in [0.1, 0.15) is 0 Å². The van der Waals surface area contributed by atoms with E-state index in [-0.39, 0.29) is 11.6 Å². The lowest BCUT2D eigenvalue weighted by molar-refractivity contribution is -0.1000. The van der Waals surface area contributed by atoms with Gasteiger partial charge in [0, 0.05) is 30.3 Å². The normalized spacial score (nSPS) is 22.4. The number of nitrogens with two attached hydrogens (primary N) is 2. The minimum atomic E-state index is -0.304. The largest absolute Gasteiger partial charge is 0.398 e. The van der Waals surface area contributed by atoms with Crippen LogP contribution < -0.4 is 11.5 Å². The van der Waals surface area contributed by atoms with Crippen molar-refractivity contribution in [2.75, 3.05) is 12.3 Å². The average Bonchev–Trinajstić information content (AvgIpc) is 2.42. The number of hydrogen-bond donors (Lipinski definition) is 2. The van der Waals surface area contributed by atoms with E-state index >= 15 is 0 Å².